The summed E-state index contributed by atoms with van der Waals surface area (Å²) in [5, 5.41) is 3.48. The maximum atomic E-state index is 12.7. The first-order valence-electron chi connectivity index (χ1n) is 9.54. The van der Waals surface area contributed by atoms with Crippen molar-refractivity contribution in [2.45, 2.75) is 38.3 Å². The largest absolute Gasteiger partial charge is 0.448 e. The van der Waals surface area contributed by atoms with Crippen molar-refractivity contribution in [2.24, 2.45) is 0 Å². The summed E-state index contributed by atoms with van der Waals surface area (Å²) >= 11 is 0. The number of hydrogen-bond donors (Lipinski definition) is 1. The molecule has 2 aromatic rings. The molecule has 0 saturated carbocycles. The van der Waals surface area contributed by atoms with Crippen LogP contribution in [0.1, 0.15) is 37.3 Å². The lowest BCUT2D eigenvalue weighted by molar-refractivity contribution is 0.0697. The van der Waals surface area contributed by atoms with Gasteiger partial charge in [-0.3, -0.25) is 0 Å². The van der Waals surface area contributed by atoms with Crippen LogP contribution >= 0.6 is 0 Å². The topological polar surface area (TPSA) is 41.6 Å². The number of fused-ring (bicyclic) bond motifs is 3. The minimum Gasteiger partial charge on any atom is -0.448 e. The minimum atomic E-state index is -0.195. The maximum Gasteiger partial charge on any atom is 0.410 e. The van der Waals surface area contributed by atoms with Crippen molar-refractivity contribution in [2.75, 3.05) is 19.7 Å². The fourth-order valence-electron chi connectivity index (χ4n) is 4.13. The van der Waals surface area contributed by atoms with Crippen LogP contribution in [0.3, 0.4) is 0 Å². The summed E-state index contributed by atoms with van der Waals surface area (Å²) in [6.07, 6.45) is 0.819. The molecule has 4 nitrogen and oxygen atoms in total. The van der Waals surface area contributed by atoms with Crippen molar-refractivity contribution < 1.29 is 9.53 Å². The van der Waals surface area contributed by atoms with Crippen LogP contribution in [0.15, 0.2) is 48.5 Å². The molecule has 0 unspecified atom stereocenters. The molecule has 0 aromatic heterocycles. The summed E-state index contributed by atoms with van der Waals surface area (Å²) < 4.78 is 5.80. The lowest BCUT2D eigenvalue weighted by Crippen LogP contribution is -2.57. The zero-order valence-electron chi connectivity index (χ0n) is 15.4. The van der Waals surface area contributed by atoms with Gasteiger partial charge in [0.15, 0.2) is 0 Å². The highest BCUT2D eigenvalue weighted by Gasteiger charge is 2.32. The number of piperazine rings is 1. The van der Waals surface area contributed by atoms with Gasteiger partial charge in [0, 0.05) is 31.1 Å². The Hall–Kier alpha value is -2.33. The van der Waals surface area contributed by atoms with Gasteiger partial charge in [-0.2, -0.15) is 0 Å². The average Bonchev–Trinajstić information content (AvgIpc) is 3.00. The highest BCUT2D eigenvalue weighted by atomic mass is 16.6. The molecule has 2 atom stereocenters. The van der Waals surface area contributed by atoms with Crippen LogP contribution in [-0.2, 0) is 4.74 Å². The predicted molar refractivity (Wildman–Crippen MR) is 103 cm³/mol. The highest BCUT2D eigenvalue weighted by molar-refractivity contribution is 5.79. The van der Waals surface area contributed by atoms with Gasteiger partial charge in [0.1, 0.15) is 6.61 Å². The van der Waals surface area contributed by atoms with E-state index >= 15 is 0 Å². The van der Waals surface area contributed by atoms with Crippen LogP contribution in [0.5, 0.6) is 0 Å². The Bertz CT molecular complexity index is 759. The Kier molecular flexibility index (Phi) is 4.68. The Labute approximate surface area is 155 Å². The molecular formula is C22H26N2O2. The standard InChI is InChI=1S/C22H26N2O2/c1-3-16-13-24(15(2)12-23-16)22(25)26-14-21-19-10-6-4-8-17(19)18-9-5-7-11-20(18)21/h4-11,15-16,21,23H,3,12-14H2,1-2H3/t15-,16-/m0/s1. The molecule has 0 bridgehead atoms. The van der Waals surface area contributed by atoms with E-state index in [1.54, 1.807) is 0 Å². The Morgan fingerprint density at radius 1 is 1.12 bits per heavy atom. The number of carbonyl (C=O) groups is 1. The van der Waals surface area contributed by atoms with Gasteiger partial charge in [0.2, 0.25) is 0 Å². The zero-order chi connectivity index (χ0) is 18.1. The number of carbonyl (C=O) groups excluding carboxylic acids is 1. The van der Waals surface area contributed by atoms with E-state index in [0.717, 1.165) is 13.0 Å². The molecule has 4 rings (SSSR count). The molecule has 1 aliphatic heterocycles. The van der Waals surface area contributed by atoms with E-state index in [1.165, 1.54) is 22.3 Å². The van der Waals surface area contributed by atoms with E-state index in [1.807, 2.05) is 4.90 Å². The summed E-state index contributed by atoms with van der Waals surface area (Å²) in [4.78, 5) is 14.6. The summed E-state index contributed by atoms with van der Waals surface area (Å²) in [5.74, 6) is 0.117. The molecule has 1 heterocycles. The molecule has 136 valence electrons. The number of rotatable bonds is 3. The second-order valence-corrected chi connectivity index (χ2v) is 7.32. The van der Waals surface area contributed by atoms with Crippen molar-refractivity contribution in [1.29, 1.82) is 0 Å². The molecule has 0 spiro atoms. The SMILES string of the molecule is CC[C@H]1CN(C(=O)OCC2c3ccccc3-c3ccccc32)[C@@H](C)CN1. The second-order valence-electron chi connectivity index (χ2n) is 7.32. The monoisotopic (exact) mass is 350 g/mol. The van der Waals surface area contributed by atoms with E-state index in [0.29, 0.717) is 19.2 Å². The van der Waals surface area contributed by atoms with Crippen molar-refractivity contribution in [3.8, 4) is 11.1 Å². The van der Waals surface area contributed by atoms with Gasteiger partial charge < -0.3 is 15.0 Å². The molecule has 1 fully saturated rings. The van der Waals surface area contributed by atoms with Gasteiger partial charge in [-0.1, -0.05) is 55.5 Å². The van der Waals surface area contributed by atoms with Crippen LogP contribution < -0.4 is 5.32 Å². The van der Waals surface area contributed by atoms with Crippen molar-refractivity contribution in [3.05, 3.63) is 59.7 Å². The molecule has 2 aromatic carbocycles. The minimum absolute atomic E-state index is 0.117. The molecule has 4 heteroatoms. The van der Waals surface area contributed by atoms with E-state index in [-0.39, 0.29) is 18.1 Å². The summed E-state index contributed by atoms with van der Waals surface area (Å²) in [7, 11) is 0. The molecule has 1 aliphatic carbocycles. The van der Waals surface area contributed by atoms with Gasteiger partial charge in [0.05, 0.1) is 0 Å². The number of ether oxygens (including phenoxy) is 1. The van der Waals surface area contributed by atoms with Gasteiger partial charge >= 0.3 is 6.09 Å². The van der Waals surface area contributed by atoms with E-state index in [2.05, 4.69) is 67.7 Å². The van der Waals surface area contributed by atoms with Gasteiger partial charge in [0.25, 0.3) is 0 Å². The number of nitrogens with one attached hydrogen (secondary N) is 1. The second kappa shape index (κ2) is 7.12. The van der Waals surface area contributed by atoms with E-state index in [9.17, 15) is 4.79 Å². The van der Waals surface area contributed by atoms with Crippen LogP contribution in [-0.4, -0.2) is 42.8 Å². The van der Waals surface area contributed by atoms with Crippen molar-refractivity contribution in [1.82, 2.24) is 10.2 Å². The molecule has 0 radical (unpaired) electrons. The first-order chi connectivity index (χ1) is 12.7. The molecule has 1 N–H and O–H groups in total. The van der Waals surface area contributed by atoms with E-state index in [4.69, 9.17) is 4.74 Å². The number of benzene rings is 2. The normalized spacial score (nSPS) is 22.0. The fraction of sp³-hybridized carbons (Fsp3) is 0.409. The third-order valence-corrected chi connectivity index (χ3v) is 5.71. The summed E-state index contributed by atoms with van der Waals surface area (Å²) in [6, 6.07) is 17.4. The van der Waals surface area contributed by atoms with Gasteiger partial charge in [-0.15, -0.1) is 0 Å². The Morgan fingerprint density at radius 3 is 2.35 bits per heavy atom. The zero-order valence-corrected chi connectivity index (χ0v) is 15.4. The number of amides is 1. The summed E-state index contributed by atoms with van der Waals surface area (Å²) in [5.41, 5.74) is 5.01. The lowest BCUT2D eigenvalue weighted by Gasteiger charge is -2.37. The smallest absolute Gasteiger partial charge is 0.410 e. The molecule has 2 aliphatic rings. The van der Waals surface area contributed by atoms with Crippen LogP contribution in [0.4, 0.5) is 4.79 Å². The number of hydrogen-bond acceptors (Lipinski definition) is 3. The van der Waals surface area contributed by atoms with Gasteiger partial charge in [-0.05, 0) is 35.6 Å². The first kappa shape index (κ1) is 17.1. The van der Waals surface area contributed by atoms with Crippen molar-refractivity contribution >= 4 is 6.09 Å². The van der Waals surface area contributed by atoms with Crippen LogP contribution in [0.2, 0.25) is 0 Å². The highest BCUT2D eigenvalue weighted by Crippen LogP contribution is 2.44. The summed E-state index contributed by atoms with van der Waals surface area (Å²) in [6.45, 7) is 6.14. The first-order valence-corrected chi connectivity index (χ1v) is 9.54. The molecule has 26 heavy (non-hydrogen) atoms. The average molecular weight is 350 g/mol. The molecule has 1 saturated heterocycles. The lowest BCUT2D eigenvalue weighted by atomic mass is 9.98. The Morgan fingerprint density at radius 2 is 1.73 bits per heavy atom. The fourth-order valence-corrected chi connectivity index (χ4v) is 4.13. The van der Waals surface area contributed by atoms with E-state index < -0.39 is 0 Å². The van der Waals surface area contributed by atoms with Crippen LogP contribution in [0.25, 0.3) is 11.1 Å². The van der Waals surface area contributed by atoms with Crippen LogP contribution in [0, 0.1) is 0 Å². The molecule has 1 amide bonds. The van der Waals surface area contributed by atoms with Crippen molar-refractivity contribution in [3.63, 3.8) is 0 Å². The predicted octanol–water partition coefficient (Wildman–Crippen LogP) is 4.01. The Balaban J connectivity index is 1.50. The third-order valence-electron chi connectivity index (χ3n) is 5.71. The molecular weight excluding hydrogens is 324 g/mol. The van der Waals surface area contributed by atoms with Gasteiger partial charge in [-0.25, -0.2) is 4.79 Å². The third kappa shape index (κ3) is 2.99. The quantitative estimate of drug-likeness (QED) is 0.909. The number of nitrogens with zero attached hydrogens (tertiary/aromatic N) is 1. The maximum absolute atomic E-state index is 12.7.